The highest BCUT2D eigenvalue weighted by atomic mass is 16.6. The molecule has 0 aliphatic rings. The van der Waals surface area contributed by atoms with Crippen LogP contribution < -0.4 is 5.32 Å². The highest BCUT2D eigenvalue weighted by Gasteiger charge is 2.17. The Labute approximate surface area is 133 Å². The number of aliphatic hydroxyl groups excluding tert-OH is 1. The summed E-state index contributed by atoms with van der Waals surface area (Å²) in [6.45, 7) is 10.2. The second-order valence-electron chi connectivity index (χ2n) is 7.03. The van der Waals surface area contributed by atoms with E-state index in [0.29, 0.717) is 12.5 Å². The SMILES string of the molecule is CC(C)c1ccc(CC(CO)CNC(=O)OC(C)(C)C)cc1. The molecule has 1 amide bonds. The van der Waals surface area contributed by atoms with Gasteiger partial charge in [0.1, 0.15) is 5.60 Å². The fourth-order valence-corrected chi connectivity index (χ4v) is 2.12. The van der Waals surface area contributed by atoms with Crippen LogP contribution in [0.2, 0.25) is 0 Å². The summed E-state index contributed by atoms with van der Waals surface area (Å²) < 4.78 is 5.19. The monoisotopic (exact) mass is 307 g/mol. The summed E-state index contributed by atoms with van der Waals surface area (Å²) in [5, 5.41) is 12.2. The van der Waals surface area contributed by atoms with Crippen LogP contribution in [-0.4, -0.2) is 30.0 Å². The van der Waals surface area contributed by atoms with E-state index in [4.69, 9.17) is 4.74 Å². The molecule has 0 spiro atoms. The molecule has 1 aromatic carbocycles. The van der Waals surface area contributed by atoms with Crippen molar-refractivity contribution in [2.24, 2.45) is 5.92 Å². The van der Waals surface area contributed by atoms with Crippen molar-refractivity contribution in [3.05, 3.63) is 35.4 Å². The lowest BCUT2D eigenvalue weighted by Gasteiger charge is -2.21. The maximum atomic E-state index is 11.6. The fraction of sp³-hybridized carbons (Fsp3) is 0.611. The van der Waals surface area contributed by atoms with Gasteiger partial charge in [-0.25, -0.2) is 4.79 Å². The molecule has 0 aromatic heterocycles. The van der Waals surface area contributed by atoms with Gasteiger partial charge in [-0.3, -0.25) is 0 Å². The van der Waals surface area contributed by atoms with Crippen molar-refractivity contribution in [3.63, 3.8) is 0 Å². The van der Waals surface area contributed by atoms with E-state index in [0.717, 1.165) is 12.0 Å². The largest absolute Gasteiger partial charge is 0.444 e. The van der Waals surface area contributed by atoms with Gasteiger partial charge in [-0.15, -0.1) is 0 Å². The summed E-state index contributed by atoms with van der Waals surface area (Å²) in [4.78, 5) is 11.6. The molecule has 0 bridgehead atoms. The summed E-state index contributed by atoms with van der Waals surface area (Å²) in [5.74, 6) is 0.494. The number of hydrogen-bond donors (Lipinski definition) is 2. The van der Waals surface area contributed by atoms with E-state index in [1.54, 1.807) is 0 Å². The van der Waals surface area contributed by atoms with Crippen molar-refractivity contribution in [3.8, 4) is 0 Å². The quantitative estimate of drug-likeness (QED) is 0.846. The maximum Gasteiger partial charge on any atom is 0.407 e. The number of ether oxygens (including phenoxy) is 1. The number of aliphatic hydroxyl groups is 1. The molecule has 0 saturated heterocycles. The first kappa shape index (κ1) is 18.5. The molecule has 0 aliphatic carbocycles. The van der Waals surface area contributed by atoms with Crippen molar-refractivity contribution in [1.82, 2.24) is 5.32 Å². The van der Waals surface area contributed by atoms with E-state index in [9.17, 15) is 9.90 Å². The van der Waals surface area contributed by atoms with Gasteiger partial charge in [0.2, 0.25) is 0 Å². The molecule has 124 valence electrons. The molecular weight excluding hydrogens is 278 g/mol. The van der Waals surface area contributed by atoms with Crippen molar-refractivity contribution in [1.29, 1.82) is 0 Å². The van der Waals surface area contributed by atoms with Gasteiger partial charge in [-0.05, 0) is 44.2 Å². The maximum absolute atomic E-state index is 11.6. The first-order valence-electron chi connectivity index (χ1n) is 7.88. The van der Waals surface area contributed by atoms with E-state index in [2.05, 4.69) is 43.4 Å². The minimum atomic E-state index is -0.508. The van der Waals surface area contributed by atoms with Crippen LogP contribution in [0, 0.1) is 5.92 Å². The lowest BCUT2D eigenvalue weighted by molar-refractivity contribution is 0.0512. The smallest absolute Gasteiger partial charge is 0.407 e. The Morgan fingerprint density at radius 3 is 2.27 bits per heavy atom. The lowest BCUT2D eigenvalue weighted by Crippen LogP contribution is -2.36. The average molecular weight is 307 g/mol. The number of rotatable bonds is 6. The summed E-state index contributed by atoms with van der Waals surface area (Å²) in [7, 11) is 0. The normalized spacial score (nSPS) is 13.0. The zero-order valence-corrected chi connectivity index (χ0v) is 14.3. The molecule has 1 atom stereocenters. The van der Waals surface area contributed by atoms with E-state index in [-0.39, 0.29) is 12.5 Å². The highest BCUT2D eigenvalue weighted by Crippen LogP contribution is 2.16. The van der Waals surface area contributed by atoms with E-state index >= 15 is 0 Å². The zero-order valence-electron chi connectivity index (χ0n) is 14.3. The van der Waals surface area contributed by atoms with Gasteiger partial charge < -0.3 is 15.2 Å². The van der Waals surface area contributed by atoms with Crippen LogP contribution in [0.3, 0.4) is 0 Å². The Balaban J connectivity index is 2.49. The molecule has 4 nitrogen and oxygen atoms in total. The van der Waals surface area contributed by atoms with Gasteiger partial charge in [0.05, 0.1) is 0 Å². The van der Waals surface area contributed by atoms with Gasteiger partial charge in [0.15, 0.2) is 0 Å². The molecule has 0 saturated carbocycles. The Kier molecular flexibility index (Phi) is 6.88. The second-order valence-corrected chi connectivity index (χ2v) is 7.03. The van der Waals surface area contributed by atoms with Gasteiger partial charge >= 0.3 is 6.09 Å². The molecule has 1 aromatic rings. The van der Waals surface area contributed by atoms with Gasteiger partial charge in [-0.1, -0.05) is 38.1 Å². The predicted molar refractivity (Wildman–Crippen MR) is 89.0 cm³/mol. The molecule has 22 heavy (non-hydrogen) atoms. The number of carbonyl (C=O) groups is 1. The molecular formula is C18H29NO3. The molecule has 2 N–H and O–H groups in total. The summed E-state index contributed by atoms with van der Waals surface area (Å²) >= 11 is 0. The molecule has 0 aliphatic heterocycles. The van der Waals surface area contributed by atoms with Crippen LogP contribution in [0.5, 0.6) is 0 Å². The Hall–Kier alpha value is -1.55. The summed E-state index contributed by atoms with van der Waals surface area (Å²) in [6, 6.07) is 8.42. The Morgan fingerprint density at radius 1 is 1.23 bits per heavy atom. The fourth-order valence-electron chi connectivity index (χ4n) is 2.12. The average Bonchev–Trinajstić information content (AvgIpc) is 2.42. The van der Waals surface area contributed by atoms with Gasteiger partial charge in [0, 0.05) is 19.1 Å². The third kappa shape index (κ3) is 6.94. The van der Waals surface area contributed by atoms with Crippen molar-refractivity contribution in [2.45, 2.75) is 52.6 Å². The Bertz CT molecular complexity index is 460. The molecule has 1 rings (SSSR count). The van der Waals surface area contributed by atoms with Crippen LogP contribution >= 0.6 is 0 Å². The number of hydrogen-bond acceptors (Lipinski definition) is 3. The van der Waals surface area contributed by atoms with E-state index in [1.165, 1.54) is 5.56 Å². The second kappa shape index (κ2) is 8.18. The molecule has 0 fully saturated rings. The van der Waals surface area contributed by atoms with Crippen LogP contribution in [0.1, 0.15) is 51.7 Å². The zero-order chi connectivity index (χ0) is 16.8. The first-order chi connectivity index (χ1) is 10.2. The van der Waals surface area contributed by atoms with Crippen molar-refractivity contribution >= 4 is 6.09 Å². The molecule has 0 heterocycles. The van der Waals surface area contributed by atoms with Crippen molar-refractivity contribution in [2.75, 3.05) is 13.2 Å². The van der Waals surface area contributed by atoms with Crippen molar-refractivity contribution < 1.29 is 14.6 Å². The summed E-state index contributed by atoms with van der Waals surface area (Å²) in [6.07, 6.45) is 0.283. The van der Waals surface area contributed by atoms with Crippen LogP contribution in [0.15, 0.2) is 24.3 Å². The standard InChI is InChI=1S/C18H29NO3/c1-13(2)16-8-6-14(7-9-16)10-15(12-20)11-19-17(21)22-18(3,4)5/h6-9,13,15,20H,10-12H2,1-5H3,(H,19,21). The minimum Gasteiger partial charge on any atom is -0.444 e. The van der Waals surface area contributed by atoms with Crippen LogP contribution in [0.4, 0.5) is 4.79 Å². The van der Waals surface area contributed by atoms with Gasteiger partial charge in [-0.2, -0.15) is 0 Å². The predicted octanol–water partition coefficient (Wildman–Crippen LogP) is 3.49. The number of benzene rings is 1. The highest BCUT2D eigenvalue weighted by molar-refractivity contribution is 5.67. The van der Waals surface area contributed by atoms with Gasteiger partial charge in [0.25, 0.3) is 0 Å². The topological polar surface area (TPSA) is 58.6 Å². The molecule has 4 heteroatoms. The van der Waals surface area contributed by atoms with E-state index < -0.39 is 11.7 Å². The van der Waals surface area contributed by atoms with E-state index in [1.807, 2.05) is 20.8 Å². The number of amides is 1. The number of alkyl carbamates (subject to hydrolysis) is 1. The number of carbonyl (C=O) groups excluding carboxylic acids is 1. The molecule has 1 unspecified atom stereocenters. The molecule has 0 radical (unpaired) electrons. The summed E-state index contributed by atoms with van der Waals surface area (Å²) in [5.41, 5.74) is 1.96. The van der Waals surface area contributed by atoms with Crippen LogP contribution in [0.25, 0.3) is 0 Å². The third-order valence-corrected chi connectivity index (χ3v) is 3.36. The van der Waals surface area contributed by atoms with Crippen LogP contribution in [-0.2, 0) is 11.2 Å². The minimum absolute atomic E-state index is 0.0163. The third-order valence-electron chi connectivity index (χ3n) is 3.36. The first-order valence-corrected chi connectivity index (χ1v) is 7.88. The number of nitrogens with one attached hydrogen (secondary N) is 1. The lowest BCUT2D eigenvalue weighted by atomic mass is 9.96. The Morgan fingerprint density at radius 2 is 1.82 bits per heavy atom.